The number of piperidine rings is 1. The van der Waals surface area contributed by atoms with Crippen LogP contribution < -0.4 is 10.2 Å². The highest BCUT2D eigenvalue weighted by Gasteiger charge is 2.20. The Bertz CT molecular complexity index is 786. The van der Waals surface area contributed by atoms with Crippen LogP contribution in [-0.2, 0) is 6.54 Å². The van der Waals surface area contributed by atoms with Gasteiger partial charge in [0.05, 0.1) is 11.4 Å². The van der Waals surface area contributed by atoms with Gasteiger partial charge in [-0.05, 0) is 43.2 Å². The predicted octanol–water partition coefficient (Wildman–Crippen LogP) is 2.42. The summed E-state index contributed by atoms with van der Waals surface area (Å²) in [4.78, 5) is 2.30. The fourth-order valence-electron chi connectivity index (χ4n) is 3.24. The van der Waals surface area contributed by atoms with E-state index < -0.39 is 0 Å². The lowest BCUT2D eigenvalue weighted by Crippen LogP contribution is -2.45. The van der Waals surface area contributed by atoms with Gasteiger partial charge in [-0.3, -0.25) is 0 Å². The van der Waals surface area contributed by atoms with E-state index in [2.05, 4.69) is 43.7 Å². The topological polar surface area (TPSA) is 58.9 Å². The molecule has 1 aliphatic heterocycles. The van der Waals surface area contributed by atoms with Crippen molar-refractivity contribution in [2.75, 3.05) is 18.0 Å². The Morgan fingerprint density at radius 2 is 2.00 bits per heavy atom. The average molecular weight is 334 g/mol. The number of nitrogens with one attached hydrogen (secondary N) is 1. The first-order valence-electron chi connectivity index (χ1n) is 8.74. The Labute approximate surface area is 147 Å². The lowest BCUT2D eigenvalue weighted by molar-refractivity contribution is 0.417. The van der Waals surface area contributed by atoms with E-state index in [1.807, 2.05) is 41.2 Å². The van der Waals surface area contributed by atoms with E-state index in [1.54, 1.807) is 6.20 Å². The zero-order valence-corrected chi connectivity index (χ0v) is 14.1. The summed E-state index contributed by atoms with van der Waals surface area (Å²) in [6, 6.07) is 16.7. The second-order valence-corrected chi connectivity index (χ2v) is 6.34. The van der Waals surface area contributed by atoms with Crippen molar-refractivity contribution in [1.82, 2.24) is 25.3 Å². The molecule has 1 N–H and O–H groups in total. The molecule has 1 unspecified atom stereocenters. The summed E-state index contributed by atoms with van der Waals surface area (Å²) in [6.45, 7) is 2.77. The lowest BCUT2D eigenvalue weighted by Gasteiger charge is -2.33. The van der Waals surface area contributed by atoms with Crippen LogP contribution in [0.5, 0.6) is 0 Å². The highest BCUT2D eigenvalue weighted by atomic mass is 15.3. The standard InChI is InChI=1S/C19H22N6/c1-2-7-18(8-3-1)25-13-10-16(23-25)14-20-17-6-5-12-24(15-17)19-9-4-11-21-22-19/h1-4,7-11,13,17,20H,5-6,12,14-15H2. The first-order chi connectivity index (χ1) is 12.4. The Hall–Kier alpha value is -2.73. The summed E-state index contributed by atoms with van der Waals surface area (Å²) < 4.78 is 1.92. The van der Waals surface area contributed by atoms with Crippen LogP contribution >= 0.6 is 0 Å². The molecule has 0 aliphatic carbocycles. The first-order valence-corrected chi connectivity index (χ1v) is 8.74. The van der Waals surface area contributed by atoms with Crippen molar-refractivity contribution in [3.05, 3.63) is 66.6 Å². The third kappa shape index (κ3) is 3.85. The first kappa shape index (κ1) is 15.8. The zero-order chi connectivity index (χ0) is 16.9. The fraction of sp³-hybridized carbons (Fsp3) is 0.316. The minimum Gasteiger partial charge on any atom is -0.354 e. The SMILES string of the molecule is c1ccc(-n2ccc(CNC3CCCN(c4cccnn4)C3)n2)cc1. The summed E-state index contributed by atoms with van der Waals surface area (Å²) in [7, 11) is 0. The summed E-state index contributed by atoms with van der Waals surface area (Å²) in [6.07, 6.45) is 6.06. The maximum Gasteiger partial charge on any atom is 0.151 e. The molecule has 0 saturated carbocycles. The molecule has 128 valence electrons. The molecule has 4 rings (SSSR count). The molecule has 0 spiro atoms. The van der Waals surface area contributed by atoms with Gasteiger partial charge in [0.25, 0.3) is 0 Å². The molecule has 3 aromatic rings. The maximum absolute atomic E-state index is 4.66. The van der Waals surface area contributed by atoms with E-state index in [4.69, 9.17) is 0 Å². The molecular formula is C19H22N6. The molecule has 0 bridgehead atoms. The molecule has 1 fully saturated rings. The minimum absolute atomic E-state index is 0.442. The largest absolute Gasteiger partial charge is 0.354 e. The van der Waals surface area contributed by atoms with E-state index in [0.717, 1.165) is 43.3 Å². The number of anilines is 1. The van der Waals surface area contributed by atoms with Crippen LogP contribution in [0, 0.1) is 0 Å². The Kier molecular flexibility index (Phi) is 4.70. The lowest BCUT2D eigenvalue weighted by atomic mass is 10.1. The minimum atomic E-state index is 0.442. The summed E-state index contributed by atoms with van der Waals surface area (Å²) in [5.74, 6) is 0.961. The molecule has 6 nitrogen and oxygen atoms in total. The normalized spacial score (nSPS) is 17.6. The molecule has 0 radical (unpaired) electrons. The number of rotatable bonds is 5. The third-order valence-corrected chi connectivity index (χ3v) is 4.54. The summed E-state index contributed by atoms with van der Waals surface area (Å²) in [5.41, 5.74) is 2.14. The number of hydrogen-bond donors (Lipinski definition) is 1. The van der Waals surface area contributed by atoms with Crippen LogP contribution in [0.3, 0.4) is 0 Å². The van der Waals surface area contributed by atoms with Crippen LogP contribution in [0.1, 0.15) is 18.5 Å². The second kappa shape index (κ2) is 7.44. The van der Waals surface area contributed by atoms with Gasteiger partial charge in [-0.1, -0.05) is 18.2 Å². The van der Waals surface area contributed by atoms with Crippen molar-refractivity contribution in [1.29, 1.82) is 0 Å². The van der Waals surface area contributed by atoms with Gasteiger partial charge < -0.3 is 10.2 Å². The fourth-order valence-corrected chi connectivity index (χ4v) is 3.24. The number of benzene rings is 1. The van der Waals surface area contributed by atoms with Crippen molar-refractivity contribution < 1.29 is 0 Å². The van der Waals surface area contributed by atoms with E-state index >= 15 is 0 Å². The number of aromatic nitrogens is 4. The maximum atomic E-state index is 4.66. The van der Waals surface area contributed by atoms with Crippen molar-refractivity contribution in [3.63, 3.8) is 0 Å². The zero-order valence-electron chi connectivity index (χ0n) is 14.1. The Morgan fingerprint density at radius 3 is 2.84 bits per heavy atom. The van der Waals surface area contributed by atoms with E-state index in [-0.39, 0.29) is 0 Å². The molecule has 0 amide bonds. The molecule has 1 atom stereocenters. The number of para-hydroxylation sites is 1. The molecule has 3 heterocycles. The van der Waals surface area contributed by atoms with Crippen LogP contribution in [0.25, 0.3) is 5.69 Å². The molecule has 2 aromatic heterocycles. The third-order valence-electron chi connectivity index (χ3n) is 4.54. The van der Waals surface area contributed by atoms with Gasteiger partial charge in [-0.2, -0.15) is 10.2 Å². The van der Waals surface area contributed by atoms with Crippen LogP contribution in [0.15, 0.2) is 60.9 Å². The number of hydrogen-bond acceptors (Lipinski definition) is 5. The smallest absolute Gasteiger partial charge is 0.151 e. The highest BCUT2D eigenvalue weighted by molar-refractivity contribution is 5.37. The van der Waals surface area contributed by atoms with Gasteiger partial charge >= 0.3 is 0 Å². The molecule has 1 aromatic carbocycles. The van der Waals surface area contributed by atoms with Crippen molar-refractivity contribution in [3.8, 4) is 5.69 Å². The van der Waals surface area contributed by atoms with Crippen LogP contribution in [0.2, 0.25) is 0 Å². The predicted molar refractivity (Wildman–Crippen MR) is 97.7 cm³/mol. The van der Waals surface area contributed by atoms with Crippen LogP contribution in [0.4, 0.5) is 5.82 Å². The molecule has 6 heteroatoms. The summed E-state index contributed by atoms with van der Waals surface area (Å²) in [5, 5.41) is 16.5. The highest BCUT2D eigenvalue weighted by Crippen LogP contribution is 2.17. The van der Waals surface area contributed by atoms with E-state index in [1.165, 1.54) is 6.42 Å². The molecule has 1 aliphatic rings. The van der Waals surface area contributed by atoms with E-state index in [0.29, 0.717) is 6.04 Å². The summed E-state index contributed by atoms with van der Waals surface area (Å²) >= 11 is 0. The average Bonchev–Trinajstić information content (AvgIpc) is 3.17. The Balaban J connectivity index is 1.35. The van der Waals surface area contributed by atoms with Crippen molar-refractivity contribution in [2.24, 2.45) is 0 Å². The number of nitrogens with zero attached hydrogens (tertiary/aromatic N) is 5. The van der Waals surface area contributed by atoms with Crippen molar-refractivity contribution >= 4 is 5.82 Å². The Morgan fingerprint density at radius 1 is 1.08 bits per heavy atom. The van der Waals surface area contributed by atoms with Gasteiger partial charge in [0, 0.05) is 38.1 Å². The second-order valence-electron chi connectivity index (χ2n) is 6.34. The van der Waals surface area contributed by atoms with Gasteiger partial charge in [-0.15, -0.1) is 5.10 Å². The van der Waals surface area contributed by atoms with Gasteiger partial charge in [0.1, 0.15) is 0 Å². The molecule has 1 saturated heterocycles. The van der Waals surface area contributed by atoms with Gasteiger partial charge in [-0.25, -0.2) is 4.68 Å². The monoisotopic (exact) mass is 334 g/mol. The quantitative estimate of drug-likeness (QED) is 0.776. The molecule has 25 heavy (non-hydrogen) atoms. The van der Waals surface area contributed by atoms with Crippen LogP contribution in [-0.4, -0.2) is 39.1 Å². The van der Waals surface area contributed by atoms with Gasteiger partial charge in [0.2, 0.25) is 0 Å². The molecular weight excluding hydrogens is 312 g/mol. The van der Waals surface area contributed by atoms with Crippen molar-refractivity contribution in [2.45, 2.75) is 25.4 Å². The van der Waals surface area contributed by atoms with E-state index in [9.17, 15) is 0 Å². The van der Waals surface area contributed by atoms with Gasteiger partial charge in [0.15, 0.2) is 5.82 Å².